The summed E-state index contributed by atoms with van der Waals surface area (Å²) in [6.45, 7) is 1.52. The fourth-order valence-electron chi connectivity index (χ4n) is 3.97. The summed E-state index contributed by atoms with van der Waals surface area (Å²) < 4.78 is 54.1. The van der Waals surface area contributed by atoms with Gasteiger partial charge in [-0.2, -0.15) is 0 Å². The zero-order valence-corrected chi connectivity index (χ0v) is 17.6. The van der Waals surface area contributed by atoms with Crippen molar-refractivity contribution in [3.8, 4) is 0 Å². The number of benzene rings is 1. The van der Waals surface area contributed by atoms with Crippen LogP contribution in [0.1, 0.15) is 43.0 Å². The standard InChI is InChI=1S/C20H19ClF2N4O2S/c1-19(11-30(28,29)20(5-2-6-20)18(24)27-19)13-7-12(3-4-14(13)22)8-15(23)16-9-26-17(21)10-25-16/h3-4,7-10H,2,5-6,11H2,1H3,(H2,24,27)/b15-8-/t19-/m0/s1. The highest BCUT2D eigenvalue weighted by Gasteiger charge is 2.58. The number of sulfone groups is 1. The van der Waals surface area contributed by atoms with Gasteiger partial charge in [-0.3, -0.25) is 4.99 Å². The van der Waals surface area contributed by atoms with Gasteiger partial charge < -0.3 is 5.73 Å². The van der Waals surface area contributed by atoms with Crippen molar-refractivity contribution in [3.63, 3.8) is 0 Å². The molecular formula is C20H19ClF2N4O2S. The SMILES string of the molecule is C[C@@]1(c2cc(/C=C(\F)c3cnc(Cl)cn3)ccc2F)CS(=O)(=O)C2(CCC2)C(N)=N1. The third-order valence-electron chi connectivity index (χ3n) is 5.79. The molecule has 1 atom stereocenters. The summed E-state index contributed by atoms with van der Waals surface area (Å²) in [6.07, 6.45) is 5.16. The Morgan fingerprint density at radius 1 is 1.27 bits per heavy atom. The molecule has 2 aliphatic rings. The third kappa shape index (κ3) is 3.30. The van der Waals surface area contributed by atoms with Gasteiger partial charge in [-0.05, 0) is 50.0 Å². The van der Waals surface area contributed by atoms with Crippen molar-refractivity contribution in [2.45, 2.75) is 36.5 Å². The van der Waals surface area contributed by atoms with Crippen LogP contribution in [0, 0.1) is 5.82 Å². The van der Waals surface area contributed by atoms with Crippen LogP contribution in [0.15, 0.2) is 35.6 Å². The number of amidine groups is 1. The molecule has 0 bridgehead atoms. The fraction of sp³-hybridized carbons (Fsp3) is 0.350. The number of nitrogens with zero attached hydrogens (tertiary/aromatic N) is 3. The first-order chi connectivity index (χ1) is 14.1. The van der Waals surface area contributed by atoms with E-state index in [4.69, 9.17) is 17.3 Å². The minimum Gasteiger partial charge on any atom is -0.386 e. The Morgan fingerprint density at radius 2 is 2.00 bits per heavy atom. The first-order valence-corrected chi connectivity index (χ1v) is 11.3. The zero-order valence-electron chi connectivity index (χ0n) is 16.1. The van der Waals surface area contributed by atoms with Crippen LogP contribution in [0.4, 0.5) is 8.78 Å². The van der Waals surface area contributed by atoms with E-state index in [0.29, 0.717) is 18.4 Å². The number of halogens is 3. The minimum absolute atomic E-state index is 0.0189. The molecule has 4 rings (SSSR count). The normalized spacial score (nSPS) is 24.9. The Labute approximate surface area is 177 Å². The molecule has 1 aromatic heterocycles. The van der Waals surface area contributed by atoms with Crippen LogP contribution < -0.4 is 5.73 Å². The van der Waals surface area contributed by atoms with Crippen LogP contribution in [0.2, 0.25) is 5.15 Å². The van der Waals surface area contributed by atoms with E-state index in [1.165, 1.54) is 31.5 Å². The first-order valence-electron chi connectivity index (χ1n) is 9.30. The van der Waals surface area contributed by atoms with E-state index in [0.717, 1.165) is 18.6 Å². The molecule has 1 spiro atoms. The van der Waals surface area contributed by atoms with Gasteiger partial charge in [0.25, 0.3) is 0 Å². The number of rotatable bonds is 3. The highest BCUT2D eigenvalue weighted by atomic mass is 35.5. The molecule has 158 valence electrons. The molecule has 0 amide bonds. The van der Waals surface area contributed by atoms with Gasteiger partial charge in [0.1, 0.15) is 32.8 Å². The smallest absolute Gasteiger partial charge is 0.165 e. The molecule has 2 aromatic rings. The molecule has 0 saturated heterocycles. The van der Waals surface area contributed by atoms with E-state index in [-0.39, 0.29) is 28.0 Å². The molecule has 30 heavy (non-hydrogen) atoms. The van der Waals surface area contributed by atoms with Crippen LogP contribution in [0.3, 0.4) is 0 Å². The fourth-order valence-corrected chi connectivity index (χ4v) is 6.58. The van der Waals surface area contributed by atoms with Gasteiger partial charge >= 0.3 is 0 Å². The molecule has 1 aliphatic carbocycles. The zero-order chi connectivity index (χ0) is 21.7. The van der Waals surface area contributed by atoms with Crippen LogP contribution in [-0.4, -0.2) is 34.7 Å². The Kier molecular flexibility index (Phi) is 4.93. The monoisotopic (exact) mass is 452 g/mol. The predicted octanol–water partition coefficient (Wildman–Crippen LogP) is 3.66. The van der Waals surface area contributed by atoms with Gasteiger partial charge in [0.05, 0.1) is 18.1 Å². The van der Waals surface area contributed by atoms with E-state index < -0.39 is 31.8 Å². The van der Waals surface area contributed by atoms with Gasteiger partial charge in [0.15, 0.2) is 15.7 Å². The molecule has 2 N–H and O–H groups in total. The van der Waals surface area contributed by atoms with Crippen molar-refractivity contribution in [1.29, 1.82) is 0 Å². The Balaban J connectivity index is 1.75. The molecular weight excluding hydrogens is 434 g/mol. The lowest BCUT2D eigenvalue weighted by Crippen LogP contribution is -2.61. The molecule has 2 heterocycles. The lowest BCUT2D eigenvalue weighted by atomic mass is 9.82. The van der Waals surface area contributed by atoms with Crippen molar-refractivity contribution in [1.82, 2.24) is 9.97 Å². The third-order valence-corrected chi connectivity index (χ3v) is 8.74. The summed E-state index contributed by atoms with van der Waals surface area (Å²) in [5, 5.41) is 0.127. The number of hydrogen-bond donors (Lipinski definition) is 1. The number of aliphatic imine (C=N–C) groups is 1. The van der Waals surface area contributed by atoms with Gasteiger partial charge in [0.2, 0.25) is 0 Å². The molecule has 10 heteroatoms. The summed E-state index contributed by atoms with van der Waals surface area (Å²) in [5.41, 5.74) is 4.98. The van der Waals surface area contributed by atoms with E-state index in [2.05, 4.69) is 15.0 Å². The Bertz CT molecular complexity index is 1180. The highest BCUT2D eigenvalue weighted by molar-refractivity contribution is 7.93. The van der Waals surface area contributed by atoms with Crippen molar-refractivity contribution >= 4 is 39.2 Å². The molecule has 0 unspecified atom stereocenters. The largest absolute Gasteiger partial charge is 0.386 e. The van der Waals surface area contributed by atoms with Crippen molar-refractivity contribution in [2.75, 3.05) is 5.75 Å². The van der Waals surface area contributed by atoms with Gasteiger partial charge in [-0.15, -0.1) is 0 Å². The van der Waals surface area contributed by atoms with Gasteiger partial charge in [-0.25, -0.2) is 27.2 Å². The van der Waals surface area contributed by atoms with E-state index in [1.807, 2.05) is 0 Å². The molecule has 6 nitrogen and oxygen atoms in total. The maximum absolute atomic E-state index is 14.7. The predicted molar refractivity (Wildman–Crippen MR) is 112 cm³/mol. The van der Waals surface area contributed by atoms with Gasteiger partial charge in [-0.1, -0.05) is 17.7 Å². The summed E-state index contributed by atoms with van der Waals surface area (Å²) >= 11 is 5.66. The molecule has 0 radical (unpaired) electrons. The van der Waals surface area contributed by atoms with Gasteiger partial charge in [0, 0.05) is 5.56 Å². The lowest BCUT2D eigenvalue weighted by molar-refractivity contribution is 0.388. The van der Waals surface area contributed by atoms with Crippen molar-refractivity contribution in [2.24, 2.45) is 10.7 Å². The van der Waals surface area contributed by atoms with E-state index in [9.17, 15) is 17.2 Å². The average molecular weight is 453 g/mol. The molecule has 1 fully saturated rings. The summed E-state index contributed by atoms with van der Waals surface area (Å²) in [5.74, 6) is -1.69. The maximum atomic E-state index is 14.7. The number of aromatic nitrogens is 2. The van der Waals surface area contributed by atoms with Crippen LogP contribution in [-0.2, 0) is 15.4 Å². The Hall–Kier alpha value is -2.39. The van der Waals surface area contributed by atoms with Crippen molar-refractivity contribution in [3.05, 3.63) is 58.4 Å². The molecule has 1 aliphatic heterocycles. The minimum atomic E-state index is -3.63. The topological polar surface area (TPSA) is 98.3 Å². The first kappa shape index (κ1) is 20.9. The second kappa shape index (κ2) is 7.09. The van der Waals surface area contributed by atoms with Crippen molar-refractivity contribution < 1.29 is 17.2 Å². The lowest BCUT2D eigenvalue weighted by Gasteiger charge is -2.46. The maximum Gasteiger partial charge on any atom is 0.165 e. The summed E-state index contributed by atoms with van der Waals surface area (Å²) in [6, 6.07) is 3.91. The molecule has 1 aromatic carbocycles. The Morgan fingerprint density at radius 3 is 2.57 bits per heavy atom. The summed E-state index contributed by atoms with van der Waals surface area (Å²) in [4.78, 5) is 12.1. The summed E-state index contributed by atoms with van der Waals surface area (Å²) in [7, 11) is -3.63. The average Bonchev–Trinajstić information content (AvgIpc) is 2.61. The number of hydrogen-bond acceptors (Lipinski definition) is 6. The number of nitrogens with two attached hydrogens (primary N) is 1. The molecule has 1 saturated carbocycles. The van der Waals surface area contributed by atoms with E-state index >= 15 is 0 Å². The second-order valence-electron chi connectivity index (χ2n) is 7.83. The van der Waals surface area contributed by atoms with Crippen LogP contribution in [0.25, 0.3) is 11.9 Å². The highest BCUT2D eigenvalue weighted by Crippen LogP contribution is 2.47. The van der Waals surface area contributed by atoms with E-state index in [1.54, 1.807) is 0 Å². The second-order valence-corrected chi connectivity index (χ2v) is 10.5. The van der Waals surface area contributed by atoms with Crippen LogP contribution in [0.5, 0.6) is 0 Å². The van der Waals surface area contributed by atoms with Crippen LogP contribution >= 0.6 is 11.6 Å². The quantitative estimate of drug-likeness (QED) is 0.766.